The molecule has 2 aliphatic rings. The van der Waals surface area contributed by atoms with Gasteiger partial charge in [0.05, 0.1) is 0 Å². The van der Waals surface area contributed by atoms with E-state index in [0.29, 0.717) is 5.41 Å². The van der Waals surface area contributed by atoms with E-state index >= 15 is 0 Å². The molecular weight excluding hydrogens is 132 g/mol. The van der Waals surface area contributed by atoms with Gasteiger partial charge in [-0.15, -0.1) is 0 Å². The van der Waals surface area contributed by atoms with Crippen molar-refractivity contribution < 1.29 is 0 Å². The first kappa shape index (κ1) is 8.58. The van der Waals surface area contributed by atoms with Crippen molar-refractivity contribution in [2.75, 3.05) is 0 Å². The summed E-state index contributed by atoms with van der Waals surface area (Å²) in [6.45, 7) is 4.63. The quantitative estimate of drug-likeness (QED) is 0.494. The van der Waals surface area contributed by atoms with Gasteiger partial charge in [-0.2, -0.15) is 0 Å². The van der Waals surface area contributed by atoms with Crippen LogP contribution in [-0.2, 0) is 0 Å². The van der Waals surface area contributed by atoms with Crippen LogP contribution in [0.4, 0.5) is 0 Å². The standard InChI is InChI=1S/C10H14.CH4/c1-8-6-9-4-3-5-10(9,2)7-8;/h4,6H,3,5,7H2,1-2H3;1H4. The van der Waals surface area contributed by atoms with Crippen LogP contribution >= 0.6 is 0 Å². The van der Waals surface area contributed by atoms with Crippen LogP contribution < -0.4 is 0 Å². The Hall–Kier alpha value is -0.520. The molecule has 0 radical (unpaired) electrons. The third-order valence-electron chi connectivity index (χ3n) is 2.83. The second-order valence-corrected chi connectivity index (χ2v) is 3.93. The zero-order valence-electron chi connectivity index (χ0n) is 6.78. The Bertz CT molecular complexity index is 220. The van der Waals surface area contributed by atoms with Crippen molar-refractivity contribution in [3.8, 4) is 0 Å². The molecule has 0 saturated carbocycles. The fourth-order valence-electron chi connectivity index (χ4n) is 2.29. The van der Waals surface area contributed by atoms with E-state index in [-0.39, 0.29) is 7.43 Å². The van der Waals surface area contributed by atoms with Gasteiger partial charge in [0.25, 0.3) is 0 Å². The molecule has 2 aliphatic carbocycles. The molecule has 0 aliphatic heterocycles. The summed E-state index contributed by atoms with van der Waals surface area (Å²) in [6, 6.07) is 0. The highest BCUT2D eigenvalue weighted by Gasteiger charge is 2.34. The van der Waals surface area contributed by atoms with Crippen LogP contribution in [0.25, 0.3) is 0 Å². The highest BCUT2D eigenvalue weighted by atomic mass is 14.4. The fraction of sp³-hybridized carbons (Fsp3) is 0.636. The molecular formula is C11H18. The first-order valence-corrected chi connectivity index (χ1v) is 4.08. The molecule has 0 spiro atoms. The molecule has 0 fully saturated rings. The minimum absolute atomic E-state index is 0. The van der Waals surface area contributed by atoms with Crippen LogP contribution in [0.1, 0.15) is 40.5 Å². The lowest BCUT2D eigenvalue weighted by atomic mass is 9.84. The summed E-state index contributed by atoms with van der Waals surface area (Å²) >= 11 is 0. The zero-order valence-corrected chi connectivity index (χ0v) is 6.78. The average Bonchev–Trinajstić information content (AvgIpc) is 2.20. The van der Waals surface area contributed by atoms with E-state index in [0.717, 1.165) is 0 Å². The first-order chi connectivity index (χ1) is 4.71. The molecule has 0 saturated heterocycles. The van der Waals surface area contributed by atoms with Gasteiger partial charge in [-0.25, -0.2) is 0 Å². The van der Waals surface area contributed by atoms with Crippen LogP contribution in [0.15, 0.2) is 23.3 Å². The first-order valence-electron chi connectivity index (χ1n) is 4.08. The predicted octanol–water partition coefficient (Wildman–Crippen LogP) is 3.70. The fourth-order valence-corrected chi connectivity index (χ4v) is 2.29. The third-order valence-corrected chi connectivity index (χ3v) is 2.83. The summed E-state index contributed by atoms with van der Waals surface area (Å²) in [5.41, 5.74) is 3.71. The minimum atomic E-state index is 0. The van der Waals surface area contributed by atoms with Gasteiger partial charge in [-0.3, -0.25) is 0 Å². The van der Waals surface area contributed by atoms with Crippen molar-refractivity contribution in [1.82, 2.24) is 0 Å². The molecule has 0 aromatic rings. The maximum Gasteiger partial charge on any atom is -0.00384 e. The summed E-state index contributed by atoms with van der Waals surface area (Å²) in [6.07, 6.45) is 8.74. The van der Waals surface area contributed by atoms with E-state index in [1.54, 1.807) is 11.1 Å². The lowest BCUT2D eigenvalue weighted by Crippen LogP contribution is -2.09. The van der Waals surface area contributed by atoms with Crippen LogP contribution in [0.3, 0.4) is 0 Å². The topological polar surface area (TPSA) is 0 Å². The van der Waals surface area contributed by atoms with E-state index in [2.05, 4.69) is 26.0 Å². The molecule has 0 heterocycles. The van der Waals surface area contributed by atoms with E-state index in [9.17, 15) is 0 Å². The Balaban J connectivity index is 0.000000605. The number of rotatable bonds is 0. The SMILES string of the molecule is C.CC1=CC2=CCCC2(C)C1. The molecule has 1 unspecified atom stereocenters. The second kappa shape index (κ2) is 2.51. The normalized spacial score (nSPS) is 34.0. The van der Waals surface area contributed by atoms with Gasteiger partial charge in [-0.1, -0.05) is 32.1 Å². The largest absolute Gasteiger partial charge is 0.0807 e. The second-order valence-electron chi connectivity index (χ2n) is 3.93. The van der Waals surface area contributed by atoms with Gasteiger partial charge in [-0.05, 0) is 37.2 Å². The van der Waals surface area contributed by atoms with Crippen molar-refractivity contribution in [2.45, 2.75) is 40.5 Å². The van der Waals surface area contributed by atoms with Crippen LogP contribution in [0.5, 0.6) is 0 Å². The predicted molar refractivity (Wildman–Crippen MR) is 50.5 cm³/mol. The Kier molecular flexibility index (Phi) is 1.96. The molecule has 1 atom stereocenters. The maximum absolute atomic E-state index is 2.40. The summed E-state index contributed by atoms with van der Waals surface area (Å²) in [5, 5.41) is 0. The molecule has 0 aromatic carbocycles. The van der Waals surface area contributed by atoms with Crippen molar-refractivity contribution >= 4 is 0 Å². The lowest BCUT2D eigenvalue weighted by Gasteiger charge is -2.20. The molecule has 0 heteroatoms. The van der Waals surface area contributed by atoms with Gasteiger partial charge in [0, 0.05) is 0 Å². The zero-order chi connectivity index (χ0) is 7.19. The van der Waals surface area contributed by atoms with E-state index in [1.807, 2.05) is 0 Å². The van der Waals surface area contributed by atoms with E-state index in [1.165, 1.54) is 19.3 Å². The van der Waals surface area contributed by atoms with Gasteiger partial charge in [0.2, 0.25) is 0 Å². The van der Waals surface area contributed by atoms with Crippen molar-refractivity contribution in [3.05, 3.63) is 23.3 Å². The molecule has 62 valence electrons. The molecule has 0 aromatic heterocycles. The van der Waals surface area contributed by atoms with Gasteiger partial charge < -0.3 is 0 Å². The Morgan fingerprint density at radius 1 is 1.45 bits per heavy atom. The molecule has 0 nitrogen and oxygen atoms in total. The summed E-state index contributed by atoms with van der Waals surface area (Å²) < 4.78 is 0. The van der Waals surface area contributed by atoms with E-state index in [4.69, 9.17) is 0 Å². The lowest BCUT2D eigenvalue weighted by molar-refractivity contribution is 0.415. The monoisotopic (exact) mass is 150 g/mol. The average molecular weight is 150 g/mol. The van der Waals surface area contributed by atoms with Gasteiger partial charge in [0.1, 0.15) is 0 Å². The third kappa shape index (κ3) is 1.15. The maximum atomic E-state index is 2.40. The molecule has 0 N–H and O–H groups in total. The summed E-state index contributed by atoms with van der Waals surface area (Å²) in [5.74, 6) is 0. The number of hydrogen-bond acceptors (Lipinski definition) is 0. The van der Waals surface area contributed by atoms with Crippen LogP contribution in [0.2, 0.25) is 0 Å². The van der Waals surface area contributed by atoms with E-state index < -0.39 is 0 Å². The highest BCUT2D eigenvalue weighted by Crippen LogP contribution is 2.48. The van der Waals surface area contributed by atoms with Gasteiger partial charge in [0.15, 0.2) is 0 Å². The smallest absolute Gasteiger partial charge is 0.00384 e. The van der Waals surface area contributed by atoms with Crippen LogP contribution in [0, 0.1) is 5.41 Å². The van der Waals surface area contributed by atoms with Crippen LogP contribution in [-0.4, -0.2) is 0 Å². The Morgan fingerprint density at radius 3 is 2.82 bits per heavy atom. The number of fused-ring (bicyclic) bond motifs is 1. The Labute approximate surface area is 70.0 Å². The Morgan fingerprint density at radius 2 is 2.18 bits per heavy atom. The summed E-state index contributed by atoms with van der Waals surface area (Å²) in [7, 11) is 0. The molecule has 2 rings (SSSR count). The molecule has 11 heavy (non-hydrogen) atoms. The van der Waals surface area contributed by atoms with Crippen molar-refractivity contribution in [3.63, 3.8) is 0 Å². The van der Waals surface area contributed by atoms with Gasteiger partial charge >= 0.3 is 0 Å². The number of allylic oxidation sites excluding steroid dienone is 4. The van der Waals surface area contributed by atoms with Crippen molar-refractivity contribution in [2.24, 2.45) is 5.41 Å². The molecule has 0 amide bonds. The number of hydrogen-bond donors (Lipinski definition) is 0. The van der Waals surface area contributed by atoms with Crippen molar-refractivity contribution in [1.29, 1.82) is 0 Å². The highest BCUT2D eigenvalue weighted by molar-refractivity contribution is 5.39. The minimum Gasteiger partial charge on any atom is -0.0807 e. The summed E-state index contributed by atoms with van der Waals surface area (Å²) in [4.78, 5) is 0. The molecule has 0 bridgehead atoms.